The van der Waals surface area contributed by atoms with Crippen LogP contribution in [-0.2, 0) is 4.79 Å². The van der Waals surface area contributed by atoms with E-state index in [0.717, 1.165) is 0 Å². The fraction of sp³-hybridized carbons (Fsp3) is 0.714. The van der Waals surface area contributed by atoms with Crippen LogP contribution in [-0.4, -0.2) is 29.2 Å². The lowest BCUT2D eigenvalue weighted by Gasteiger charge is -2.12. The summed E-state index contributed by atoms with van der Waals surface area (Å²) in [5.74, 6) is -1.07. The molecule has 0 saturated heterocycles. The number of alkyl halides is 3. The summed E-state index contributed by atoms with van der Waals surface area (Å²) in [5.41, 5.74) is 5.11. The molecular formula is C7H12F3N3O2. The molecule has 0 bridgehead atoms. The number of amidine groups is 1. The van der Waals surface area contributed by atoms with Crippen molar-refractivity contribution in [2.45, 2.75) is 32.0 Å². The van der Waals surface area contributed by atoms with Gasteiger partial charge in [0.2, 0.25) is 5.91 Å². The molecule has 0 aromatic heterocycles. The number of rotatable bonds is 4. The van der Waals surface area contributed by atoms with Crippen molar-refractivity contribution in [3.63, 3.8) is 0 Å². The van der Waals surface area contributed by atoms with Crippen LogP contribution in [0.3, 0.4) is 0 Å². The summed E-state index contributed by atoms with van der Waals surface area (Å²) >= 11 is 0. The molecular weight excluding hydrogens is 215 g/mol. The van der Waals surface area contributed by atoms with Gasteiger partial charge in [-0.15, -0.1) is 0 Å². The summed E-state index contributed by atoms with van der Waals surface area (Å²) < 4.78 is 35.1. The molecule has 15 heavy (non-hydrogen) atoms. The van der Waals surface area contributed by atoms with Gasteiger partial charge in [-0.1, -0.05) is 5.16 Å². The fourth-order valence-electron chi connectivity index (χ4n) is 0.729. The quantitative estimate of drug-likeness (QED) is 0.284. The van der Waals surface area contributed by atoms with Crippen LogP contribution in [0.2, 0.25) is 0 Å². The maximum absolute atomic E-state index is 11.7. The Labute approximate surface area is 84.1 Å². The minimum Gasteiger partial charge on any atom is -0.409 e. The Morgan fingerprint density at radius 1 is 1.60 bits per heavy atom. The van der Waals surface area contributed by atoms with Gasteiger partial charge < -0.3 is 16.3 Å². The van der Waals surface area contributed by atoms with Gasteiger partial charge in [0.05, 0.1) is 12.5 Å². The lowest BCUT2D eigenvalue weighted by Crippen LogP contribution is -2.42. The number of carbonyl (C=O) groups excluding carboxylic acids is 1. The molecule has 0 rings (SSSR count). The summed E-state index contributed by atoms with van der Waals surface area (Å²) in [5, 5.41) is 13.0. The van der Waals surface area contributed by atoms with E-state index in [1.165, 1.54) is 6.92 Å². The maximum Gasteiger partial charge on any atom is 0.389 e. The third kappa shape index (κ3) is 6.58. The second-order valence-electron chi connectivity index (χ2n) is 2.93. The molecule has 0 aromatic carbocycles. The fourth-order valence-corrected chi connectivity index (χ4v) is 0.729. The minimum absolute atomic E-state index is 0.268. The summed E-state index contributed by atoms with van der Waals surface area (Å²) in [7, 11) is 0. The van der Waals surface area contributed by atoms with E-state index in [4.69, 9.17) is 10.9 Å². The summed E-state index contributed by atoms with van der Waals surface area (Å²) in [6.45, 7) is 1.39. The maximum atomic E-state index is 11.7. The summed E-state index contributed by atoms with van der Waals surface area (Å²) in [6.07, 6.45) is -6.23. The van der Waals surface area contributed by atoms with Gasteiger partial charge in [0.15, 0.2) is 5.84 Å². The molecule has 0 aliphatic heterocycles. The number of carbonyl (C=O) groups is 1. The van der Waals surface area contributed by atoms with Crippen LogP contribution in [0.4, 0.5) is 13.2 Å². The average molecular weight is 227 g/mol. The lowest BCUT2D eigenvalue weighted by molar-refractivity contribution is -0.144. The zero-order valence-electron chi connectivity index (χ0n) is 8.01. The van der Waals surface area contributed by atoms with E-state index >= 15 is 0 Å². The van der Waals surface area contributed by atoms with Crippen molar-refractivity contribution in [3.05, 3.63) is 0 Å². The van der Waals surface area contributed by atoms with Gasteiger partial charge in [0, 0.05) is 6.42 Å². The van der Waals surface area contributed by atoms with Crippen LogP contribution >= 0.6 is 0 Å². The standard InChI is InChI=1S/C7H12F3N3O2/c1-4(6(11)13-15)12-5(14)2-3-7(8,9)10/h4,15H,2-3H2,1H3,(H2,11,13)(H,12,14). The van der Waals surface area contributed by atoms with Crippen LogP contribution in [0.15, 0.2) is 5.16 Å². The van der Waals surface area contributed by atoms with Crippen LogP contribution in [0.25, 0.3) is 0 Å². The Morgan fingerprint density at radius 2 is 2.13 bits per heavy atom. The van der Waals surface area contributed by atoms with E-state index < -0.39 is 31.0 Å². The van der Waals surface area contributed by atoms with Gasteiger partial charge in [-0.3, -0.25) is 4.79 Å². The molecule has 0 aromatic rings. The van der Waals surface area contributed by atoms with Gasteiger partial charge in [0.25, 0.3) is 0 Å². The van der Waals surface area contributed by atoms with E-state index in [1.807, 2.05) is 0 Å². The van der Waals surface area contributed by atoms with Crippen molar-refractivity contribution in [2.75, 3.05) is 0 Å². The first-order valence-electron chi connectivity index (χ1n) is 4.10. The van der Waals surface area contributed by atoms with E-state index in [9.17, 15) is 18.0 Å². The Balaban J connectivity index is 3.95. The van der Waals surface area contributed by atoms with Gasteiger partial charge in [-0.25, -0.2) is 0 Å². The molecule has 4 N–H and O–H groups in total. The molecule has 0 saturated carbocycles. The third-order valence-corrected chi connectivity index (χ3v) is 1.57. The van der Waals surface area contributed by atoms with E-state index in [-0.39, 0.29) is 5.84 Å². The number of amides is 1. The van der Waals surface area contributed by atoms with Gasteiger partial charge >= 0.3 is 6.18 Å². The van der Waals surface area contributed by atoms with Crippen molar-refractivity contribution >= 4 is 11.7 Å². The topological polar surface area (TPSA) is 87.7 Å². The van der Waals surface area contributed by atoms with Crippen LogP contribution < -0.4 is 11.1 Å². The lowest BCUT2D eigenvalue weighted by atomic mass is 10.2. The minimum atomic E-state index is -4.36. The highest BCUT2D eigenvalue weighted by molar-refractivity contribution is 5.89. The predicted octanol–water partition coefficient (Wildman–Crippen LogP) is 0.580. The van der Waals surface area contributed by atoms with E-state index in [1.54, 1.807) is 0 Å². The number of oxime groups is 1. The Kier molecular flexibility index (Phi) is 4.89. The highest BCUT2D eigenvalue weighted by Gasteiger charge is 2.28. The zero-order chi connectivity index (χ0) is 12.1. The molecule has 0 radical (unpaired) electrons. The van der Waals surface area contributed by atoms with Gasteiger partial charge in [0.1, 0.15) is 0 Å². The molecule has 0 aliphatic carbocycles. The van der Waals surface area contributed by atoms with Crippen molar-refractivity contribution in [3.8, 4) is 0 Å². The van der Waals surface area contributed by atoms with Crippen LogP contribution in [0.5, 0.6) is 0 Å². The second-order valence-corrected chi connectivity index (χ2v) is 2.93. The second kappa shape index (κ2) is 5.42. The zero-order valence-corrected chi connectivity index (χ0v) is 8.01. The number of nitrogens with one attached hydrogen (secondary N) is 1. The monoisotopic (exact) mass is 227 g/mol. The molecule has 1 amide bonds. The van der Waals surface area contributed by atoms with E-state index in [2.05, 4.69) is 10.5 Å². The molecule has 0 fully saturated rings. The van der Waals surface area contributed by atoms with Crippen LogP contribution in [0.1, 0.15) is 19.8 Å². The molecule has 1 atom stereocenters. The normalized spacial score (nSPS) is 14.8. The first-order chi connectivity index (χ1) is 6.76. The number of hydrogen-bond donors (Lipinski definition) is 3. The first kappa shape index (κ1) is 13.5. The van der Waals surface area contributed by atoms with Crippen LogP contribution in [0, 0.1) is 0 Å². The van der Waals surface area contributed by atoms with Crippen molar-refractivity contribution in [2.24, 2.45) is 10.9 Å². The third-order valence-electron chi connectivity index (χ3n) is 1.57. The average Bonchev–Trinajstić information content (AvgIpc) is 2.12. The molecule has 0 aliphatic rings. The van der Waals surface area contributed by atoms with Gasteiger partial charge in [-0.05, 0) is 6.92 Å². The number of nitrogens with zero attached hydrogens (tertiary/aromatic N) is 1. The first-order valence-corrected chi connectivity index (χ1v) is 4.10. The molecule has 1 unspecified atom stereocenters. The molecule has 88 valence electrons. The molecule has 0 spiro atoms. The van der Waals surface area contributed by atoms with Gasteiger partial charge in [-0.2, -0.15) is 13.2 Å². The molecule has 8 heteroatoms. The highest BCUT2D eigenvalue weighted by Crippen LogP contribution is 2.20. The Hall–Kier alpha value is -1.47. The van der Waals surface area contributed by atoms with Crippen molar-refractivity contribution < 1.29 is 23.2 Å². The highest BCUT2D eigenvalue weighted by atomic mass is 19.4. The number of nitrogens with two attached hydrogens (primary N) is 1. The van der Waals surface area contributed by atoms with Crippen molar-refractivity contribution in [1.82, 2.24) is 5.32 Å². The summed E-state index contributed by atoms with van der Waals surface area (Å²) in [6, 6.07) is -0.796. The summed E-state index contributed by atoms with van der Waals surface area (Å²) in [4.78, 5) is 10.9. The number of hydrogen-bond acceptors (Lipinski definition) is 3. The molecule has 5 nitrogen and oxygen atoms in total. The predicted molar refractivity (Wildman–Crippen MR) is 46.3 cm³/mol. The van der Waals surface area contributed by atoms with E-state index in [0.29, 0.717) is 0 Å². The number of halogens is 3. The Bertz CT molecular complexity index is 252. The molecule has 0 heterocycles. The van der Waals surface area contributed by atoms with Crippen molar-refractivity contribution in [1.29, 1.82) is 0 Å². The Morgan fingerprint density at radius 3 is 2.53 bits per heavy atom. The smallest absolute Gasteiger partial charge is 0.389 e. The largest absolute Gasteiger partial charge is 0.409 e. The SMILES string of the molecule is CC(NC(=O)CCC(F)(F)F)C(N)=NO.